The van der Waals surface area contributed by atoms with Gasteiger partial charge in [0.05, 0.1) is 6.04 Å². The Morgan fingerprint density at radius 3 is 2.50 bits per heavy atom. The average molecular weight is 254 g/mol. The second kappa shape index (κ2) is 7.78. The van der Waals surface area contributed by atoms with Crippen molar-refractivity contribution >= 4 is 5.91 Å². The third-order valence-electron chi connectivity index (χ3n) is 4.29. The fraction of sp³-hybridized carbons (Fsp3) is 0.933. The number of carbonyl (C=O) groups is 1. The normalized spacial score (nSPS) is 24.3. The first kappa shape index (κ1) is 15.5. The summed E-state index contributed by atoms with van der Waals surface area (Å²) in [4.78, 5) is 14.6. The summed E-state index contributed by atoms with van der Waals surface area (Å²) >= 11 is 0. The van der Waals surface area contributed by atoms with Gasteiger partial charge in [-0.05, 0) is 38.1 Å². The molecule has 0 spiro atoms. The lowest BCUT2D eigenvalue weighted by Crippen LogP contribution is -2.51. The largest absolute Gasteiger partial charge is 0.341 e. The van der Waals surface area contributed by atoms with Gasteiger partial charge in [0.1, 0.15) is 0 Å². The van der Waals surface area contributed by atoms with Crippen molar-refractivity contribution in [1.82, 2.24) is 10.2 Å². The highest BCUT2D eigenvalue weighted by molar-refractivity contribution is 5.82. The van der Waals surface area contributed by atoms with E-state index in [0.29, 0.717) is 17.7 Å². The van der Waals surface area contributed by atoms with Gasteiger partial charge < -0.3 is 10.2 Å². The van der Waals surface area contributed by atoms with Gasteiger partial charge in [-0.25, -0.2) is 0 Å². The van der Waals surface area contributed by atoms with E-state index < -0.39 is 0 Å². The molecule has 1 rings (SSSR count). The van der Waals surface area contributed by atoms with Crippen molar-refractivity contribution in [2.75, 3.05) is 19.6 Å². The molecule has 1 saturated heterocycles. The van der Waals surface area contributed by atoms with Crippen LogP contribution in [-0.4, -0.2) is 36.5 Å². The summed E-state index contributed by atoms with van der Waals surface area (Å²) in [6.07, 6.45) is 4.52. The van der Waals surface area contributed by atoms with E-state index in [0.717, 1.165) is 38.9 Å². The highest BCUT2D eigenvalue weighted by atomic mass is 16.2. The Morgan fingerprint density at radius 1 is 1.33 bits per heavy atom. The Hall–Kier alpha value is -0.570. The van der Waals surface area contributed by atoms with Gasteiger partial charge in [0.2, 0.25) is 5.91 Å². The highest BCUT2D eigenvalue weighted by Crippen LogP contribution is 2.18. The van der Waals surface area contributed by atoms with Gasteiger partial charge in [0.25, 0.3) is 0 Å². The predicted molar refractivity (Wildman–Crippen MR) is 76.5 cm³/mol. The lowest BCUT2D eigenvalue weighted by atomic mass is 9.93. The first-order chi connectivity index (χ1) is 8.62. The molecule has 1 amide bonds. The summed E-state index contributed by atoms with van der Waals surface area (Å²) in [5.74, 6) is 1.64. The number of hydrogen-bond acceptors (Lipinski definition) is 2. The molecule has 1 N–H and O–H groups in total. The number of carbonyl (C=O) groups excluding carboxylic acids is 1. The van der Waals surface area contributed by atoms with Gasteiger partial charge in [-0.1, -0.05) is 33.6 Å². The SMILES string of the molecule is CCC(CC)CN(CC)C(=O)C1CC(C)CCN1. The van der Waals surface area contributed by atoms with E-state index in [1.165, 1.54) is 6.42 Å². The molecule has 3 nitrogen and oxygen atoms in total. The molecule has 0 bridgehead atoms. The van der Waals surface area contributed by atoms with Gasteiger partial charge in [-0.2, -0.15) is 0 Å². The maximum absolute atomic E-state index is 12.5. The van der Waals surface area contributed by atoms with Crippen molar-refractivity contribution in [2.24, 2.45) is 11.8 Å². The van der Waals surface area contributed by atoms with Crippen molar-refractivity contribution in [3.63, 3.8) is 0 Å². The lowest BCUT2D eigenvalue weighted by Gasteiger charge is -2.33. The molecule has 3 heteroatoms. The van der Waals surface area contributed by atoms with Gasteiger partial charge in [-0.3, -0.25) is 4.79 Å². The minimum Gasteiger partial charge on any atom is -0.341 e. The Kier molecular flexibility index (Phi) is 6.69. The lowest BCUT2D eigenvalue weighted by molar-refractivity contribution is -0.134. The molecule has 0 aliphatic carbocycles. The van der Waals surface area contributed by atoms with E-state index in [-0.39, 0.29) is 6.04 Å². The third-order valence-corrected chi connectivity index (χ3v) is 4.29. The van der Waals surface area contributed by atoms with E-state index in [2.05, 4.69) is 33.0 Å². The van der Waals surface area contributed by atoms with Crippen LogP contribution < -0.4 is 5.32 Å². The van der Waals surface area contributed by atoms with Crippen LogP contribution in [0.4, 0.5) is 0 Å². The fourth-order valence-corrected chi connectivity index (χ4v) is 2.75. The third kappa shape index (κ3) is 4.27. The molecule has 1 aliphatic rings. The van der Waals surface area contributed by atoms with E-state index >= 15 is 0 Å². The first-order valence-corrected chi connectivity index (χ1v) is 7.64. The number of amides is 1. The van der Waals surface area contributed by atoms with Crippen molar-refractivity contribution in [3.05, 3.63) is 0 Å². The molecule has 0 aromatic rings. The minimum atomic E-state index is 0.0584. The van der Waals surface area contributed by atoms with Crippen molar-refractivity contribution in [1.29, 1.82) is 0 Å². The summed E-state index contributed by atoms with van der Waals surface area (Å²) in [6.45, 7) is 11.5. The number of hydrogen-bond donors (Lipinski definition) is 1. The van der Waals surface area contributed by atoms with Crippen LogP contribution in [0.15, 0.2) is 0 Å². The van der Waals surface area contributed by atoms with Crippen molar-refractivity contribution in [3.8, 4) is 0 Å². The number of piperidine rings is 1. The van der Waals surface area contributed by atoms with Crippen LogP contribution in [0, 0.1) is 11.8 Å². The quantitative estimate of drug-likeness (QED) is 0.790. The maximum atomic E-state index is 12.5. The second-order valence-electron chi connectivity index (χ2n) is 5.70. The van der Waals surface area contributed by atoms with Crippen molar-refractivity contribution < 1.29 is 4.79 Å². The Balaban J connectivity index is 2.55. The van der Waals surface area contributed by atoms with Crippen LogP contribution in [0.2, 0.25) is 0 Å². The zero-order valence-electron chi connectivity index (χ0n) is 12.5. The number of nitrogens with one attached hydrogen (secondary N) is 1. The predicted octanol–water partition coefficient (Wildman–Crippen LogP) is 2.66. The molecule has 0 saturated carbocycles. The summed E-state index contributed by atoms with van der Waals surface area (Å²) in [6, 6.07) is 0.0584. The van der Waals surface area contributed by atoms with E-state index in [4.69, 9.17) is 0 Å². The van der Waals surface area contributed by atoms with Crippen molar-refractivity contribution in [2.45, 2.75) is 59.4 Å². The average Bonchev–Trinajstić information content (AvgIpc) is 2.39. The molecule has 1 heterocycles. The van der Waals surface area contributed by atoms with Crippen LogP contribution in [-0.2, 0) is 4.79 Å². The van der Waals surface area contributed by atoms with Crippen LogP contribution in [0.1, 0.15) is 53.4 Å². The Bertz CT molecular complexity index is 251. The fourth-order valence-electron chi connectivity index (χ4n) is 2.75. The van der Waals surface area contributed by atoms with Crippen LogP contribution in [0.5, 0.6) is 0 Å². The Morgan fingerprint density at radius 2 is 2.00 bits per heavy atom. The van der Waals surface area contributed by atoms with Gasteiger partial charge in [-0.15, -0.1) is 0 Å². The van der Waals surface area contributed by atoms with Crippen LogP contribution >= 0.6 is 0 Å². The number of likely N-dealkylation sites (N-methyl/N-ethyl adjacent to an activating group) is 1. The molecule has 0 aromatic heterocycles. The molecule has 1 fully saturated rings. The van der Waals surface area contributed by atoms with E-state index in [9.17, 15) is 4.79 Å². The van der Waals surface area contributed by atoms with Crippen LogP contribution in [0.3, 0.4) is 0 Å². The molecule has 2 atom stereocenters. The molecule has 18 heavy (non-hydrogen) atoms. The van der Waals surface area contributed by atoms with Crippen LogP contribution in [0.25, 0.3) is 0 Å². The summed E-state index contributed by atoms with van der Waals surface area (Å²) in [5, 5.41) is 3.38. The van der Waals surface area contributed by atoms with E-state index in [1.807, 2.05) is 4.90 Å². The molecule has 106 valence electrons. The molecule has 1 aliphatic heterocycles. The van der Waals surface area contributed by atoms with Gasteiger partial charge >= 0.3 is 0 Å². The summed E-state index contributed by atoms with van der Waals surface area (Å²) in [7, 11) is 0. The van der Waals surface area contributed by atoms with E-state index in [1.54, 1.807) is 0 Å². The number of nitrogens with zero attached hydrogens (tertiary/aromatic N) is 1. The maximum Gasteiger partial charge on any atom is 0.239 e. The number of rotatable bonds is 6. The summed E-state index contributed by atoms with van der Waals surface area (Å²) < 4.78 is 0. The minimum absolute atomic E-state index is 0.0584. The highest BCUT2D eigenvalue weighted by Gasteiger charge is 2.28. The zero-order valence-corrected chi connectivity index (χ0v) is 12.5. The first-order valence-electron chi connectivity index (χ1n) is 7.64. The Labute approximate surface area is 112 Å². The topological polar surface area (TPSA) is 32.3 Å². The zero-order chi connectivity index (χ0) is 13.5. The molecular formula is C15H30N2O. The summed E-state index contributed by atoms with van der Waals surface area (Å²) in [5.41, 5.74) is 0. The molecule has 0 aromatic carbocycles. The van der Waals surface area contributed by atoms with Gasteiger partial charge in [0.15, 0.2) is 0 Å². The van der Waals surface area contributed by atoms with Gasteiger partial charge in [0, 0.05) is 13.1 Å². The molecule has 0 radical (unpaired) electrons. The standard InChI is InChI=1S/C15H30N2O/c1-5-13(6-2)11-17(7-3)15(18)14-10-12(4)8-9-16-14/h12-14,16H,5-11H2,1-4H3. The monoisotopic (exact) mass is 254 g/mol. The smallest absolute Gasteiger partial charge is 0.239 e. The molecule has 2 unspecified atom stereocenters. The second-order valence-corrected chi connectivity index (χ2v) is 5.70. The molecular weight excluding hydrogens is 224 g/mol.